The highest BCUT2D eigenvalue weighted by Gasteiger charge is 2.47. The maximum Gasteiger partial charge on any atom is 0.243 e. The highest BCUT2D eigenvalue weighted by molar-refractivity contribution is 7.89. The van der Waals surface area contributed by atoms with E-state index in [4.69, 9.17) is 4.74 Å². The van der Waals surface area contributed by atoms with Gasteiger partial charge in [0, 0.05) is 20.1 Å². The van der Waals surface area contributed by atoms with Crippen molar-refractivity contribution in [2.45, 2.75) is 30.4 Å². The highest BCUT2D eigenvalue weighted by atomic mass is 32.2. The molecule has 2 aliphatic rings. The van der Waals surface area contributed by atoms with E-state index in [2.05, 4.69) is 5.32 Å². The van der Waals surface area contributed by atoms with Crippen molar-refractivity contribution in [3.63, 3.8) is 0 Å². The average molecular weight is 324 g/mol. The summed E-state index contributed by atoms with van der Waals surface area (Å²) < 4.78 is 32.9. The van der Waals surface area contributed by atoms with Gasteiger partial charge in [0.05, 0.1) is 23.0 Å². The number of morpholine rings is 1. The van der Waals surface area contributed by atoms with E-state index in [9.17, 15) is 13.2 Å². The molecule has 2 saturated heterocycles. The molecule has 1 amide bonds. The van der Waals surface area contributed by atoms with Crippen molar-refractivity contribution >= 4 is 15.9 Å². The van der Waals surface area contributed by atoms with Gasteiger partial charge >= 0.3 is 0 Å². The third-order valence-electron chi connectivity index (χ3n) is 4.42. The number of carbonyl (C=O) groups is 1. The Morgan fingerprint density at radius 2 is 2.05 bits per heavy atom. The van der Waals surface area contributed by atoms with E-state index in [0.29, 0.717) is 17.9 Å². The fraction of sp³-hybridized carbons (Fsp3) is 0.533. The fourth-order valence-electron chi connectivity index (χ4n) is 3.27. The molecule has 2 heterocycles. The summed E-state index contributed by atoms with van der Waals surface area (Å²) in [6, 6.07) is 6.95. The quantitative estimate of drug-likeness (QED) is 0.879. The normalized spacial score (nSPS) is 28.5. The lowest BCUT2D eigenvalue weighted by atomic mass is 10.00. The molecular weight excluding hydrogens is 304 g/mol. The Labute approximate surface area is 130 Å². The number of benzene rings is 1. The standard InChI is InChI=1S/C15H20N2O4S/c1-10-5-3-4-6-14(10)22(19,20)17-8-11-7-12(15(18)16-2)13(9-17)21-11/h3-6,11-13H,7-9H2,1-2H3,(H,16,18)/t11-,12+,13-/m0/s1. The molecular formula is C15H20N2O4S. The molecule has 120 valence electrons. The number of amides is 1. The van der Waals surface area contributed by atoms with E-state index >= 15 is 0 Å². The molecule has 1 N–H and O–H groups in total. The van der Waals surface area contributed by atoms with Crippen LogP contribution in [0, 0.1) is 12.8 Å². The van der Waals surface area contributed by atoms with Crippen molar-refractivity contribution in [3.05, 3.63) is 29.8 Å². The zero-order valence-electron chi connectivity index (χ0n) is 12.7. The fourth-order valence-corrected chi connectivity index (χ4v) is 4.97. The van der Waals surface area contributed by atoms with Gasteiger partial charge in [0.2, 0.25) is 15.9 Å². The van der Waals surface area contributed by atoms with Gasteiger partial charge in [-0.25, -0.2) is 8.42 Å². The first-order valence-electron chi connectivity index (χ1n) is 7.36. The number of fused-ring (bicyclic) bond motifs is 2. The van der Waals surface area contributed by atoms with Gasteiger partial charge in [-0.3, -0.25) is 4.79 Å². The average Bonchev–Trinajstić information content (AvgIpc) is 2.80. The molecule has 22 heavy (non-hydrogen) atoms. The van der Waals surface area contributed by atoms with Crippen LogP contribution in [0.4, 0.5) is 0 Å². The molecule has 2 fully saturated rings. The van der Waals surface area contributed by atoms with Gasteiger partial charge in [-0.1, -0.05) is 18.2 Å². The van der Waals surface area contributed by atoms with Crippen molar-refractivity contribution in [3.8, 4) is 0 Å². The van der Waals surface area contributed by atoms with Gasteiger partial charge in [-0.15, -0.1) is 0 Å². The lowest BCUT2D eigenvalue weighted by molar-refractivity contribution is -0.126. The SMILES string of the molecule is CNC(=O)[C@@H]1C[C@H]2CN(S(=O)(=O)c3ccccc3C)C[C@@H]1O2. The van der Waals surface area contributed by atoms with Gasteiger partial charge in [0.15, 0.2) is 0 Å². The Morgan fingerprint density at radius 1 is 1.32 bits per heavy atom. The Hall–Kier alpha value is -1.44. The molecule has 6 nitrogen and oxygen atoms in total. The summed E-state index contributed by atoms with van der Waals surface area (Å²) in [5, 5.41) is 2.63. The van der Waals surface area contributed by atoms with Crippen LogP contribution in [0.2, 0.25) is 0 Å². The van der Waals surface area contributed by atoms with Crippen LogP contribution in [0.3, 0.4) is 0 Å². The minimum atomic E-state index is -3.55. The molecule has 3 rings (SSSR count). The molecule has 0 saturated carbocycles. The number of sulfonamides is 1. The molecule has 0 spiro atoms. The zero-order chi connectivity index (χ0) is 15.9. The maximum atomic E-state index is 12.8. The summed E-state index contributed by atoms with van der Waals surface area (Å²) in [6.45, 7) is 2.32. The number of hydrogen-bond acceptors (Lipinski definition) is 4. The largest absolute Gasteiger partial charge is 0.371 e. The molecule has 2 aliphatic heterocycles. The third-order valence-corrected chi connectivity index (χ3v) is 6.41. The van der Waals surface area contributed by atoms with Crippen LogP contribution in [0.5, 0.6) is 0 Å². The lowest BCUT2D eigenvalue weighted by Crippen LogP contribution is -2.47. The van der Waals surface area contributed by atoms with Gasteiger partial charge in [0.25, 0.3) is 0 Å². The van der Waals surface area contributed by atoms with Crippen LogP contribution < -0.4 is 5.32 Å². The number of aryl methyl sites for hydroxylation is 1. The Bertz CT molecular complexity index is 689. The molecule has 1 aromatic rings. The van der Waals surface area contributed by atoms with E-state index in [-0.39, 0.29) is 30.6 Å². The molecule has 0 unspecified atom stereocenters. The Morgan fingerprint density at radius 3 is 2.73 bits per heavy atom. The van der Waals surface area contributed by atoms with Gasteiger partial charge in [0.1, 0.15) is 0 Å². The first-order valence-corrected chi connectivity index (χ1v) is 8.80. The topological polar surface area (TPSA) is 75.7 Å². The Kier molecular flexibility index (Phi) is 3.96. The van der Waals surface area contributed by atoms with Crippen molar-refractivity contribution in [2.75, 3.05) is 20.1 Å². The number of nitrogens with one attached hydrogen (secondary N) is 1. The highest BCUT2D eigenvalue weighted by Crippen LogP contribution is 2.34. The summed E-state index contributed by atoms with van der Waals surface area (Å²) in [6.07, 6.45) is 0.00163. The summed E-state index contributed by atoms with van der Waals surface area (Å²) in [4.78, 5) is 12.2. The Balaban J connectivity index is 1.86. The van der Waals surface area contributed by atoms with Gasteiger partial charge in [-0.2, -0.15) is 4.31 Å². The van der Waals surface area contributed by atoms with Crippen LogP contribution in [0.15, 0.2) is 29.2 Å². The van der Waals surface area contributed by atoms with E-state index < -0.39 is 10.0 Å². The van der Waals surface area contributed by atoms with Crippen LogP contribution in [-0.2, 0) is 19.6 Å². The predicted octanol–water partition coefficient (Wildman–Crippen LogP) is 0.519. The van der Waals surface area contributed by atoms with Crippen molar-refractivity contribution < 1.29 is 17.9 Å². The first-order chi connectivity index (χ1) is 10.4. The number of ether oxygens (including phenoxy) is 1. The van der Waals surface area contributed by atoms with Crippen LogP contribution >= 0.6 is 0 Å². The summed E-state index contributed by atoms with van der Waals surface area (Å²) in [7, 11) is -1.96. The van der Waals surface area contributed by atoms with Gasteiger partial charge < -0.3 is 10.1 Å². The van der Waals surface area contributed by atoms with Crippen molar-refractivity contribution in [1.29, 1.82) is 0 Å². The molecule has 0 radical (unpaired) electrons. The second-order valence-corrected chi connectivity index (χ2v) is 7.75. The van der Waals surface area contributed by atoms with Crippen LogP contribution in [-0.4, -0.2) is 51.0 Å². The monoisotopic (exact) mass is 324 g/mol. The molecule has 1 aromatic carbocycles. The van der Waals surface area contributed by atoms with Crippen LogP contribution in [0.25, 0.3) is 0 Å². The number of carbonyl (C=O) groups excluding carboxylic acids is 1. The maximum absolute atomic E-state index is 12.8. The molecule has 2 bridgehead atoms. The minimum Gasteiger partial charge on any atom is -0.371 e. The second-order valence-electron chi connectivity index (χ2n) is 5.84. The molecule has 0 aliphatic carbocycles. The second kappa shape index (κ2) is 5.64. The number of hydrogen-bond donors (Lipinski definition) is 1. The predicted molar refractivity (Wildman–Crippen MR) is 80.8 cm³/mol. The zero-order valence-corrected chi connectivity index (χ0v) is 13.5. The summed E-state index contributed by atoms with van der Waals surface area (Å²) in [5.74, 6) is -0.352. The lowest BCUT2D eigenvalue weighted by Gasteiger charge is -2.32. The van der Waals surface area contributed by atoms with Gasteiger partial charge in [-0.05, 0) is 25.0 Å². The van der Waals surface area contributed by atoms with E-state index in [1.807, 2.05) is 6.07 Å². The number of rotatable bonds is 3. The summed E-state index contributed by atoms with van der Waals surface area (Å²) >= 11 is 0. The van der Waals surface area contributed by atoms with Crippen molar-refractivity contribution in [2.24, 2.45) is 5.92 Å². The molecule has 0 aromatic heterocycles. The minimum absolute atomic E-state index is 0.0809. The smallest absolute Gasteiger partial charge is 0.243 e. The molecule has 3 atom stereocenters. The van der Waals surface area contributed by atoms with E-state index in [1.54, 1.807) is 32.2 Å². The van der Waals surface area contributed by atoms with E-state index in [1.165, 1.54) is 4.31 Å². The first kappa shape index (κ1) is 15.5. The van der Waals surface area contributed by atoms with Crippen LogP contribution in [0.1, 0.15) is 12.0 Å². The number of nitrogens with zero attached hydrogens (tertiary/aromatic N) is 1. The third kappa shape index (κ3) is 2.53. The van der Waals surface area contributed by atoms with Crippen molar-refractivity contribution in [1.82, 2.24) is 9.62 Å². The summed E-state index contributed by atoms with van der Waals surface area (Å²) in [5.41, 5.74) is 0.726. The van der Waals surface area contributed by atoms with E-state index in [0.717, 1.165) is 5.56 Å². The molecule has 7 heteroatoms.